The fourth-order valence-electron chi connectivity index (χ4n) is 1.49. The number of anilines is 1. The van der Waals surface area contributed by atoms with Gasteiger partial charge in [-0.25, -0.2) is 4.79 Å². The van der Waals surface area contributed by atoms with Gasteiger partial charge in [0.25, 0.3) is 0 Å². The van der Waals surface area contributed by atoms with E-state index in [4.69, 9.17) is 5.11 Å². The first-order valence-corrected chi connectivity index (χ1v) is 5.67. The monoisotopic (exact) mass is 222 g/mol. The molecule has 0 atom stereocenters. The lowest BCUT2D eigenvalue weighted by Gasteiger charge is -2.08. The van der Waals surface area contributed by atoms with Crippen molar-refractivity contribution in [2.24, 2.45) is 0 Å². The molecule has 1 heterocycles. The predicted octanol–water partition coefficient (Wildman–Crippen LogP) is 2.77. The van der Waals surface area contributed by atoms with E-state index in [2.05, 4.69) is 17.2 Å². The highest BCUT2D eigenvalue weighted by atomic mass is 16.4. The molecule has 0 aliphatic heterocycles. The molecular formula is C12H18N2O2. The third kappa shape index (κ3) is 3.88. The van der Waals surface area contributed by atoms with Crippen LogP contribution in [-0.4, -0.2) is 22.6 Å². The summed E-state index contributed by atoms with van der Waals surface area (Å²) in [6, 6.07) is 1.70. The van der Waals surface area contributed by atoms with Crippen molar-refractivity contribution in [3.8, 4) is 0 Å². The molecule has 1 aromatic rings. The van der Waals surface area contributed by atoms with Crippen LogP contribution in [-0.2, 0) is 0 Å². The van der Waals surface area contributed by atoms with Gasteiger partial charge in [0.15, 0.2) is 0 Å². The summed E-state index contributed by atoms with van der Waals surface area (Å²) in [5.74, 6) is -0.941. The Bertz CT molecular complexity index is 340. The van der Waals surface area contributed by atoms with Crippen molar-refractivity contribution in [2.45, 2.75) is 32.6 Å². The number of nitrogens with zero attached hydrogens (tertiary/aromatic N) is 1. The van der Waals surface area contributed by atoms with Crippen LogP contribution >= 0.6 is 0 Å². The number of unbranched alkanes of at least 4 members (excludes halogenated alkanes) is 3. The summed E-state index contributed by atoms with van der Waals surface area (Å²) in [5, 5.41) is 12.1. The van der Waals surface area contributed by atoms with E-state index in [0.717, 1.165) is 13.0 Å². The molecule has 1 rings (SSSR count). The fourth-order valence-corrected chi connectivity index (χ4v) is 1.49. The van der Waals surface area contributed by atoms with Gasteiger partial charge in [-0.1, -0.05) is 26.2 Å². The maximum absolute atomic E-state index is 10.9. The highest BCUT2D eigenvalue weighted by Crippen LogP contribution is 2.13. The van der Waals surface area contributed by atoms with Crippen LogP contribution in [0, 0.1) is 0 Å². The van der Waals surface area contributed by atoms with Crippen LogP contribution in [0.4, 0.5) is 5.69 Å². The molecule has 4 nitrogen and oxygen atoms in total. The molecule has 88 valence electrons. The van der Waals surface area contributed by atoms with Crippen molar-refractivity contribution in [3.05, 3.63) is 24.0 Å². The summed E-state index contributed by atoms with van der Waals surface area (Å²) in [6.07, 6.45) is 7.64. The van der Waals surface area contributed by atoms with Gasteiger partial charge >= 0.3 is 5.97 Å². The molecule has 0 bridgehead atoms. The number of carbonyl (C=O) groups is 1. The smallest absolute Gasteiger partial charge is 0.339 e. The zero-order chi connectivity index (χ0) is 11.8. The molecule has 0 amide bonds. The molecule has 0 aliphatic rings. The first kappa shape index (κ1) is 12.5. The van der Waals surface area contributed by atoms with Crippen LogP contribution in [0.3, 0.4) is 0 Å². The number of carboxylic acid groups (broad SMARTS) is 1. The minimum atomic E-state index is -0.941. The van der Waals surface area contributed by atoms with Gasteiger partial charge in [0.05, 0.1) is 5.69 Å². The average Bonchev–Trinajstić information content (AvgIpc) is 2.29. The minimum Gasteiger partial charge on any atom is -0.478 e. The molecular weight excluding hydrogens is 204 g/mol. The van der Waals surface area contributed by atoms with Crippen molar-refractivity contribution in [3.63, 3.8) is 0 Å². The van der Waals surface area contributed by atoms with E-state index in [1.54, 1.807) is 12.3 Å². The van der Waals surface area contributed by atoms with Crippen molar-refractivity contribution in [2.75, 3.05) is 11.9 Å². The van der Waals surface area contributed by atoms with E-state index in [9.17, 15) is 4.79 Å². The summed E-state index contributed by atoms with van der Waals surface area (Å²) in [7, 11) is 0. The van der Waals surface area contributed by atoms with Crippen LogP contribution in [0.25, 0.3) is 0 Å². The fraction of sp³-hybridized carbons (Fsp3) is 0.500. The summed E-state index contributed by atoms with van der Waals surface area (Å²) in [4.78, 5) is 14.7. The molecule has 0 saturated heterocycles. The quantitative estimate of drug-likeness (QED) is 0.696. The number of aromatic nitrogens is 1. The third-order valence-electron chi connectivity index (χ3n) is 2.40. The number of rotatable bonds is 7. The van der Waals surface area contributed by atoms with Crippen LogP contribution < -0.4 is 5.32 Å². The second-order valence-corrected chi connectivity index (χ2v) is 3.71. The summed E-state index contributed by atoms with van der Waals surface area (Å²) in [6.45, 7) is 2.98. The lowest BCUT2D eigenvalue weighted by molar-refractivity contribution is 0.0697. The summed E-state index contributed by atoms with van der Waals surface area (Å²) >= 11 is 0. The van der Waals surface area contributed by atoms with Crippen LogP contribution in [0.5, 0.6) is 0 Å². The predicted molar refractivity (Wildman–Crippen MR) is 63.8 cm³/mol. The first-order chi connectivity index (χ1) is 7.75. The standard InChI is InChI=1S/C12H18N2O2/c1-2-3-4-5-7-14-11-6-8-13-9-10(11)12(15)16/h6,8-9H,2-5,7H2,1H3,(H,13,14)(H,15,16). The number of hydrogen-bond donors (Lipinski definition) is 2. The number of nitrogens with one attached hydrogen (secondary N) is 1. The van der Waals surface area contributed by atoms with Gasteiger partial charge in [-0.15, -0.1) is 0 Å². The Morgan fingerprint density at radius 3 is 2.94 bits per heavy atom. The first-order valence-electron chi connectivity index (χ1n) is 5.67. The molecule has 0 saturated carbocycles. The van der Waals surface area contributed by atoms with E-state index in [1.165, 1.54) is 25.5 Å². The topological polar surface area (TPSA) is 62.2 Å². The normalized spacial score (nSPS) is 10.1. The number of carboxylic acids is 1. The van der Waals surface area contributed by atoms with Crippen LogP contribution in [0.2, 0.25) is 0 Å². The van der Waals surface area contributed by atoms with E-state index < -0.39 is 5.97 Å². The van der Waals surface area contributed by atoms with Crippen LogP contribution in [0.15, 0.2) is 18.5 Å². The van der Waals surface area contributed by atoms with Crippen LogP contribution in [0.1, 0.15) is 43.0 Å². The maximum atomic E-state index is 10.9. The Labute approximate surface area is 95.7 Å². The molecule has 16 heavy (non-hydrogen) atoms. The third-order valence-corrected chi connectivity index (χ3v) is 2.40. The second-order valence-electron chi connectivity index (χ2n) is 3.71. The number of pyridine rings is 1. The zero-order valence-corrected chi connectivity index (χ0v) is 9.57. The second kappa shape index (κ2) is 6.82. The van der Waals surface area contributed by atoms with Gasteiger partial charge in [0.1, 0.15) is 5.56 Å². The molecule has 4 heteroatoms. The van der Waals surface area contributed by atoms with E-state index in [1.807, 2.05) is 0 Å². The van der Waals surface area contributed by atoms with Crippen molar-refractivity contribution >= 4 is 11.7 Å². The molecule has 0 aromatic carbocycles. The minimum absolute atomic E-state index is 0.234. The molecule has 1 aromatic heterocycles. The zero-order valence-electron chi connectivity index (χ0n) is 9.57. The summed E-state index contributed by atoms with van der Waals surface area (Å²) in [5.41, 5.74) is 0.886. The van der Waals surface area contributed by atoms with E-state index in [0.29, 0.717) is 5.69 Å². The van der Waals surface area contributed by atoms with Crippen molar-refractivity contribution in [1.82, 2.24) is 4.98 Å². The molecule has 0 fully saturated rings. The Balaban J connectivity index is 2.44. The largest absolute Gasteiger partial charge is 0.478 e. The van der Waals surface area contributed by atoms with Gasteiger partial charge in [-0.05, 0) is 12.5 Å². The highest BCUT2D eigenvalue weighted by molar-refractivity contribution is 5.93. The van der Waals surface area contributed by atoms with Gasteiger partial charge in [-0.2, -0.15) is 0 Å². The molecule has 2 N–H and O–H groups in total. The Hall–Kier alpha value is -1.58. The van der Waals surface area contributed by atoms with Gasteiger partial charge in [0, 0.05) is 18.9 Å². The number of aromatic carboxylic acids is 1. The van der Waals surface area contributed by atoms with Gasteiger partial charge in [0.2, 0.25) is 0 Å². The summed E-state index contributed by atoms with van der Waals surface area (Å²) < 4.78 is 0. The Morgan fingerprint density at radius 1 is 1.44 bits per heavy atom. The van der Waals surface area contributed by atoms with Gasteiger partial charge < -0.3 is 10.4 Å². The lowest BCUT2D eigenvalue weighted by atomic mass is 10.2. The SMILES string of the molecule is CCCCCCNc1ccncc1C(=O)O. The molecule has 0 radical (unpaired) electrons. The molecule has 0 unspecified atom stereocenters. The number of hydrogen-bond acceptors (Lipinski definition) is 3. The molecule has 0 aliphatic carbocycles. The average molecular weight is 222 g/mol. The van der Waals surface area contributed by atoms with Gasteiger partial charge in [-0.3, -0.25) is 4.98 Å². The Morgan fingerprint density at radius 2 is 2.25 bits per heavy atom. The Kier molecular flexibility index (Phi) is 5.32. The van der Waals surface area contributed by atoms with E-state index in [-0.39, 0.29) is 5.56 Å². The lowest BCUT2D eigenvalue weighted by Crippen LogP contribution is -2.08. The highest BCUT2D eigenvalue weighted by Gasteiger charge is 2.08. The van der Waals surface area contributed by atoms with E-state index >= 15 is 0 Å². The van der Waals surface area contributed by atoms with Crippen molar-refractivity contribution < 1.29 is 9.90 Å². The maximum Gasteiger partial charge on any atom is 0.339 e. The van der Waals surface area contributed by atoms with Crippen molar-refractivity contribution in [1.29, 1.82) is 0 Å². The molecule has 0 spiro atoms.